The van der Waals surface area contributed by atoms with Gasteiger partial charge in [-0.1, -0.05) is 30.4 Å². The minimum absolute atomic E-state index is 0.116. The lowest BCUT2D eigenvalue weighted by Gasteiger charge is -2.41. The van der Waals surface area contributed by atoms with Gasteiger partial charge in [-0.2, -0.15) is 0 Å². The molecule has 2 unspecified atom stereocenters. The molecule has 5 heterocycles. The molecule has 10 heteroatoms. The number of halogens is 2. The number of carboxylic acid groups (broad SMARTS) is 1. The second-order valence-electron chi connectivity index (χ2n) is 14.1. The fraction of sp³-hybridized carbons (Fsp3) is 0.421. The predicted octanol–water partition coefficient (Wildman–Crippen LogP) is 8.30. The van der Waals surface area contributed by atoms with Gasteiger partial charge in [0.25, 0.3) is 0 Å². The Morgan fingerprint density at radius 2 is 1.83 bits per heavy atom. The van der Waals surface area contributed by atoms with Gasteiger partial charge in [0.2, 0.25) is 0 Å². The van der Waals surface area contributed by atoms with E-state index in [2.05, 4.69) is 11.8 Å². The third kappa shape index (κ3) is 6.96. The highest BCUT2D eigenvalue weighted by molar-refractivity contribution is 5.80. The Balaban J connectivity index is 1.56. The van der Waals surface area contributed by atoms with Crippen LogP contribution in [0, 0.1) is 18.6 Å². The first kappa shape index (κ1) is 33.6. The summed E-state index contributed by atoms with van der Waals surface area (Å²) in [5.41, 5.74) is 2.85. The van der Waals surface area contributed by atoms with E-state index in [0.717, 1.165) is 24.5 Å². The minimum Gasteiger partial charge on any atom is -0.490 e. The number of carbonyl (C=O) groups is 1. The van der Waals surface area contributed by atoms with E-state index in [0.29, 0.717) is 60.0 Å². The molecule has 0 spiro atoms. The van der Waals surface area contributed by atoms with Gasteiger partial charge in [0.1, 0.15) is 28.8 Å². The van der Waals surface area contributed by atoms with Crippen molar-refractivity contribution in [2.75, 3.05) is 24.6 Å². The van der Waals surface area contributed by atoms with Gasteiger partial charge < -0.3 is 24.2 Å². The van der Waals surface area contributed by atoms with Crippen LogP contribution in [0.2, 0.25) is 0 Å². The molecule has 0 saturated carbocycles. The number of pyridine rings is 1. The van der Waals surface area contributed by atoms with Crippen molar-refractivity contribution >= 4 is 17.4 Å². The highest BCUT2D eigenvalue weighted by Gasteiger charge is 2.37. The first-order chi connectivity index (χ1) is 22.7. The van der Waals surface area contributed by atoms with E-state index in [1.54, 1.807) is 12.1 Å². The molecule has 7 rings (SSSR count). The summed E-state index contributed by atoms with van der Waals surface area (Å²) in [5.74, 6) is -1.70. The topological polar surface area (TPSA) is 85.5 Å². The molecule has 0 amide bonds. The number of aromatic nitrogens is 2. The maximum atomic E-state index is 15.5. The number of carboxylic acids is 1. The average Bonchev–Trinajstić information content (AvgIpc) is 3.42. The maximum absolute atomic E-state index is 15.5. The molecular weight excluding hydrogens is 616 g/mol. The fourth-order valence-corrected chi connectivity index (χ4v) is 6.58. The number of aliphatic carboxylic acids is 1. The van der Waals surface area contributed by atoms with Gasteiger partial charge in [0.15, 0.2) is 6.10 Å². The summed E-state index contributed by atoms with van der Waals surface area (Å²) in [7, 11) is 0. The Labute approximate surface area is 280 Å². The van der Waals surface area contributed by atoms with Crippen molar-refractivity contribution in [3.8, 4) is 28.1 Å². The summed E-state index contributed by atoms with van der Waals surface area (Å²) < 4.78 is 50.6. The molecule has 254 valence electrons. The fourth-order valence-electron chi connectivity index (χ4n) is 6.58. The van der Waals surface area contributed by atoms with Gasteiger partial charge in [-0.15, -0.1) is 0 Å². The highest BCUT2D eigenvalue weighted by atomic mass is 19.1. The zero-order chi connectivity index (χ0) is 34.4. The van der Waals surface area contributed by atoms with Crippen molar-refractivity contribution in [2.45, 2.75) is 84.2 Å². The van der Waals surface area contributed by atoms with Crippen LogP contribution in [0.5, 0.6) is 5.75 Å². The van der Waals surface area contributed by atoms with Crippen LogP contribution in [-0.4, -0.2) is 57.5 Å². The van der Waals surface area contributed by atoms with Crippen LogP contribution in [0.25, 0.3) is 28.0 Å². The molecule has 0 radical (unpaired) electrons. The van der Waals surface area contributed by atoms with Crippen molar-refractivity contribution < 1.29 is 32.9 Å². The third-order valence-electron chi connectivity index (χ3n) is 9.01. The summed E-state index contributed by atoms with van der Waals surface area (Å²) >= 11 is 0. The lowest BCUT2D eigenvalue weighted by Crippen LogP contribution is -2.45. The second kappa shape index (κ2) is 13.0. The number of aryl methyl sites for hydroxylation is 1. The molecule has 1 N–H and O–H groups in total. The molecule has 3 aliphatic heterocycles. The second-order valence-corrected chi connectivity index (χ2v) is 14.1. The summed E-state index contributed by atoms with van der Waals surface area (Å²) in [6.07, 6.45) is 6.20. The van der Waals surface area contributed by atoms with Crippen LogP contribution in [0.15, 0.2) is 60.8 Å². The Kier molecular flexibility index (Phi) is 9.08. The number of rotatable bonds is 3. The molecule has 1 fully saturated rings. The van der Waals surface area contributed by atoms with Crippen LogP contribution < -0.4 is 9.64 Å². The number of benzene rings is 2. The summed E-state index contributed by atoms with van der Waals surface area (Å²) in [6, 6.07) is 11.2. The van der Waals surface area contributed by atoms with Gasteiger partial charge in [-0.3, -0.25) is 4.40 Å². The molecule has 48 heavy (non-hydrogen) atoms. The Hall–Kier alpha value is -4.28. The van der Waals surface area contributed by atoms with E-state index >= 15 is 4.39 Å². The Bertz CT molecular complexity index is 1870. The van der Waals surface area contributed by atoms with Gasteiger partial charge in [-0.25, -0.2) is 18.6 Å². The number of piperidine rings is 1. The van der Waals surface area contributed by atoms with Crippen molar-refractivity contribution in [1.82, 2.24) is 9.38 Å². The molecule has 2 aromatic heterocycles. The van der Waals surface area contributed by atoms with Gasteiger partial charge in [0, 0.05) is 49.0 Å². The summed E-state index contributed by atoms with van der Waals surface area (Å²) in [6.45, 7) is 13.1. The van der Waals surface area contributed by atoms with E-state index in [4.69, 9.17) is 19.2 Å². The number of ether oxygens (including phenoxy) is 3. The Morgan fingerprint density at radius 3 is 2.54 bits per heavy atom. The van der Waals surface area contributed by atoms with Crippen LogP contribution in [0.1, 0.15) is 71.1 Å². The largest absolute Gasteiger partial charge is 0.490 e. The van der Waals surface area contributed by atoms with Crippen molar-refractivity contribution in [1.29, 1.82) is 0 Å². The Morgan fingerprint density at radius 1 is 1.10 bits per heavy atom. The van der Waals surface area contributed by atoms with Gasteiger partial charge in [-0.05, 0) is 77.6 Å². The average molecular weight is 660 g/mol. The summed E-state index contributed by atoms with van der Waals surface area (Å²) in [5, 5.41) is 10.5. The van der Waals surface area contributed by atoms with Crippen LogP contribution >= 0.6 is 0 Å². The first-order valence-corrected chi connectivity index (χ1v) is 16.4. The van der Waals surface area contributed by atoms with E-state index in [-0.39, 0.29) is 23.0 Å². The van der Waals surface area contributed by atoms with Gasteiger partial charge >= 0.3 is 5.97 Å². The quantitative estimate of drug-likeness (QED) is 0.222. The molecule has 1 saturated heterocycles. The smallest absolute Gasteiger partial charge is 0.337 e. The lowest BCUT2D eigenvalue weighted by atomic mass is 9.92. The number of hydrogen-bond donors (Lipinski definition) is 1. The monoisotopic (exact) mass is 659 g/mol. The molecule has 0 aliphatic carbocycles. The van der Waals surface area contributed by atoms with Crippen molar-refractivity contribution in [2.24, 2.45) is 0 Å². The third-order valence-corrected chi connectivity index (χ3v) is 9.01. The zero-order valence-corrected chi connectivity index (χ0v) is 28.3. The van der Waals surface area contributed by atoms with Crippen LogP contribution in [0.3, 0.4) is 0 Å². The number of hydrogen-bond acceptors (Lipinski definition) is 6. The van der Waals surface area contributed by atoms with Crippen LogP contribution in [-0.2, 0) is 14.3 Å². The normalized spacial score (nSPS) is 20.8. The van der Waals surface area contributed by atoms with E-state index in [1.807, 2.05) is 75.6 Å². The lowest BCUT2D eigenvalue weighted by molar-refractivity contribution is -0.160. The number of nitrogens with zero attached hydrogens (tertiary/aromatic N) is 3. The molecule has 2 atom stereocenters. The number of fused-ring (bicyclic) bond motifs is 7. The minimum atomic E-state index is -1.22. The molecule has 2 aromatic carbocycles. The van der Waals surface area contributed by atoms with E-state index < -0.39 is 29.3 Å². The van der Waals surface area contributed by atoms with E-state index in [9.17, 15) is 14.3 Å². The summed E-state index contributed by atoms with van der Waals surface area (Å²) in [4.78, 5) is 20.0. The van der Waals surface area contributed by atoms with Crippen molar-refractivity contribution in [3.05, 3.63) is 83.6 Å². The van der Waals surface area contributed by atoms with Gasteiger partial charge in [0.05, 0.1) is 35.2 Å². The van der Waals surface area contributed by atoms with Crippen molar-refractivity contribution in [3.63, 3.8) is 0 Å². The molecule has 8 nitrogen and oxygen atoms in total. The molecule has 4 aromatic rings. The number of anilines is 1. The zero-order valence-electron chi connectivity index (χ0n) is 28.3. The number of imidazole rings is 1. The standard InChI is InChI=1S/C38H43F2N3O5/c1-23-18-31-41-29-22-43(31)35(32(23)34(36(44)45)48-37(3,4)5)42-15-13-38(6,14-16-42)46-17-8-7-10-24(2)47-30-21-27(39)20-28(40)33(30)26-12-9-11-25(29)19-26/h7-9,11-12,18-22,24,34H,10,13-17H2,1-6H3,(H,44,45). The molecular formula is C38H43F2N3O5. The molecule has 6 bridgehead atoms. The maximum Gasteiger partial charge on any atom is 0.337 e. The molecule has 3 aliphatic rings. The SMILES string of the molecule is Cc1cc2nc3cn2c(c1C(OC(C)(C)C)C(=O)O)N1CCC(C)(CC1)OCC=CCC(C)Oc1cc(F)cc(F)c1-c1cccc-3c1. The predicted molar refractivity (Wildman–Crippen MR) is 182 cm³/mol. The van der Waals surface area contributed by atoms with Crippen LogP contribution in [0.4, 0.5) is 14.6 Å². The first-order valence-electron chi connectivity index (χ1n) is 16.4. The van der Waals surface area contributed by atoms with E-state index in [1.165, 1.54) is 6.07 Å². The highest BCUT2D eigenvalue weighted by Crippen LogP contribution is 2.41.